The van der Waals surface area contributed by atoms with Crippen molar-refractivity contribution < 1.29 is 4.79 Å². The Balaban J connectivity index is 1.36. The summed E-state index contributed by atoms with van der Waals surface area (Å²) in [6.45, 7) is 1.98. The molecule has 2 N–H and O–H groups in total. The van der Waals surface area contributed by atoms with Gasteiger partial charge in [-0.2, -0.15) is 11.8 Å². The molecule has 18 heavy (non-hydrogen) atoms. The summed E-state index contributed by atoms with van der Waals surface area (Å²) in [6.07, 6.45) is 6.31. The number of fused-ring (bicyclic) bond motifs is 2. The highest BCUT2D eigenvalue weighted by atomic mass is 32.2. The van der Waals surface area contributed by atoms with Gasteiger partial charge in [-0.25, -0.2) is 0 Å². The van der Waals surface area contributed by atoms with Crippen molar-refractivity contribution in [2.75, 3.05) is 24.6 Å². The molecule has 4 heteroatoms. The van der Waals surface area contributed by atoms with Crippen LogP contribution in [0.15, 0.2) is 0 Å². The van der Waals surface area contributed by atoms with Crippen LogP contribution in [0.25, 0.3) is 0 Å². The van der Waals surface area contributed by atoms with Gasteiger partial charge in [0.25, 0.3) is 0 Å². The van der Waals surface area contributed by atoms with Crippen LogP contribution in [0.5, 0.6) is 0 Å². The average Bonchev–Trinajstić information content (AvgIpc) is 3.00. The zero-order chi connectivity index (χ0) is 12.4. The van der Waals surface area contributed by atoms with Crippen molar-refractivity contribution >= 4 is 17.7 Å². The van der Waals surface area contributed by atoms with E-state index in [0.717, 1.165) is 36.6 Å². The topological polar surface area (TPSA) is 41.1 Å². The van der Waals surface area contributed by atoms with Gasteiger partial charge in [0.05, 0.1) is 0 Å². The third kappa shape index (κ3) is 3.02. The lowest BCUT2D eigenvalue weighted by atomic mass is 9.89. The molecule has 1 saturated heterocycles. The van der Waals surface area contributed by atoms with Crippen LogP contribution in [0.1, 0.15) is 32.1 Å². The summed E-state index contributed by atoms with van der Waals surface area (Å²) < 4.78 is 0. The Morgan fingerprint density at radius 3 is 2.94 bits per heavy atom. The molecule has 4 unspecified atom stereocenters. The van der Waals surface area contributed by atoms with Gasteiger partial charge in [-0.15, -0.1) is 0 Å². The molecule has 2 bridgehead atoms. The van der Waals surface area contributed by atoms with Gasteiger partial charge in [0, 0.05) is 37.1 Å². The molecule has 3 fully saturated rings. The van der Waals surface area contributed by atoms with Gasteiger partial charge >= 0.3 is 0 Å². The van der Waals surface area contributed by atoms with Crippen molar-refractivity contribution in [3.05, 3.63) is 0 Å². The molecule has 2 aliphatic carbocycles. The van der Waals surface area contributed by atoms with Crippen molar-refractivity contribution in [2.45, 2.75) is 38.1 Å². The van der Waals surface area contributed by atoms with E-state index in [1.54, 1.807) is 0 Å². The molecule has 0 aromatic heterocycles. The SMILES string of the molecule is O=C(CC1CSCCN1)NCC1CC2CCC1C2. The van der Waals surface area contributed by atoms with Crippen molar-refractivity contribution in [3.63, 3.8) is 0 Å². The highest BCUT2D eigenvalue weighted by Crippen LogP contribution is 2.47. The molecule has 0 spiro atoms. The Hall–Kier alpha value is -0.220. The van der Waals surface area contributed by atoms with E-state index in [1.807, 2.05) is 11.8 Å². The molecule has 3 aliphatic rings. The molecule has 1 amide bonds. The van der Waals surface area contributed by atoms with Crippen molar-refractivity contribution in [1.82, 2.24) is 10.6 Å². The van der Waals surface area contributed by atoms with E-state index in [9.17, 15) is 4.79 Å². The minimum absolute atomic E-state index is 0.248. The Bertz CT molecular complexity index is 304. The lowest BCUT2D eigenvalue weighted by Gasteiger charge is -2.24. The minimum atomic E-state index is 0.248. The van der Waals surface area contributed by atoms with Crippen LogP contribution >= 0.6 is 11.8 Å². The number of hydrogen-bond donors (Lipinski definition) is 2. The van der Waals surface area contributed by atoms with E-state index in [-0.39, 0.29) is 5.91 Å². The number of amides is 1. The Kier molecular flexibility index (Phi) is 4.14. The summed E-state index contributed by atoms with van der Waals surface area (Å²) in [5.74, 6) is 5.19. The van der Waals surface area contributed by atoms with Crippen LogP contribution < -0.4 is 10.6 Å². The third-order valence-electron chi connectivity index (χ3n) is 4.88. The second-order valence-electron chi connectivity index (χ2n) is 6.17. The zero-order valence-corrected chi connectivity index (χ0v) is 11.8. The Labute approximate surface area is 114 Å². The summed E-state index contributed by atoms with van der Waals surface area (Å²) in [6, 6.07) is 0.392. The lowest BCUT2D eigenvalue weighted by molar-refractivity contribution is -0.121. The molecule has 1 aliphatic heterocycles. The fourth-order valence-electron chi connectivity index (χ4n) is 3.92. The summed E-state index contributed by atoms with van der Waals surface area (Å²) in [5, 5.41) is 6.59. The Morgan fingerprint density at radius 2 is 2.28 bits per heavy atom. The average molecular weight is 268 g/mol. The van der Waals surface area contributed by atoms with E-state index in [0.29, 0.717) is 12.5 Å². The highest BCUT2D eigenvalue weighted by molar-refractivity contribution is 7.99. The molecular formula is C14H24N2OS. The maximum atomic E-state index is 11.9. The van der Waals surface area contributed by atoms with Gasteiger partial charge in [-0.3, -0.25) is 4.79 Å². The predicted octanol–water partition coefficient (Wildman–Crippen LogP) is 1.63. The van der Waals surface area contributed by atoms with Crippen molar-refractivity contribution in [2.24, 2.45) is 17.8 Å². The van der Waals surface area contributed by atoms with E-state index >= 15 is 0 Å². The fourth-order valence-corrected chi connectivity index (χ4v) is 4.87. The van der Waals surface area contributed by atoms with Crippen LogP contribution in [-0.2, 0) is 4.79 Å². The van der Waals surface area contributed by atoms with E-state index in [1.165, 1.54) is 31.4 Å². The first kappa shape index (κ1) is 12.8. The van der Waals surface area contributed by atoms with E-state index in [2.05, 4.69) is 10.6 Å². The number of thioether (sulfide) groups is 1. The smallest absolute Gasteiger partial charge is 0.221 e. The second kappa shape index (κ2) is 5.83. The predicted molar refractivity (Wildman–Crippen MR) is 75.7 cm³/mol. The number of rotatable bonds is 4. The first-order chi connectivity index (χ1) is 8.81. The summed E-state index contributed by atoms with van der Waals surface area (Å²) in [7, 11) is 0. The minimum Gasteiger partial charge on any atom is -0.356 e. The summed E-state index contributed by atoms with van der Waals surface area (Å²) in [4.78, 5) is 11.9. The van der Waals surface area contributed by atoms with Crippen LogP contribution in [0.3, 0.4) is 0 Å². The van der Waals surface area contributed by atoms with Gasteiger partial charge < -0.3 is 10.6 Å². The molecule has 0 aromatic rings. The standard InChI is InChI=1S/C14H24N2OS/c17-14(7-13-9-18-4-3-15-13)16-8-12-6-10-1-2-11(12)5-10/h10-13,15H,1-9H2,(H,16,17). The molecular weight excluding hydrogens is 244 g/mol. The monoisotopic (exact) mass is 268 g/mol. The van der Waals surface area contributed by atoms with Crippen molar-refractivity contribution in [1.29, 1.82) is 0 Å². The van der Waals surface area contributed by atoms with Gasteiger partial charge in [0.2, 0.25) is 5.91 Å². The maximum Gasteiger partial charge on any atom is 0.221 e. The van der Waals surface area contributed by atoms with Crippen LogP contribution in [0, 0.1) is 17.8 Å². The van der Waals surface area contributed by atoms with Gasteiger partial charge in [-0.1, -0.05) is 6.42 Å². The number of carbonyl (C=O) groups is 1. The molecule has 3 rings (SSSR count). The van der Waals surface area contributed by atoms with E-state index < -0.39 is 0 Å². The second-order valence-corrected chi connectivity index (χ2v) is 7.32. The van der Waals surface area contributed by atoms with Gasteiger partial charge in [-0.05, 0) is 37.0 Å². The van der Waals surface area contributed by atoms with Crippen LogP contribution in [0.2, 0.25) is 0 Å². The van der Waals surface area contributed by atoms with Gasteiger partial charge in [0.15, 0.2) is 0 Å². The number of hydrogen-bond acceptors (Lipinski definition) is 3. The number of carbonyl (C=O) groups excluding carboxylic acids is 1. The zero-order valence-electron chi connectivity index (χ0n) is 11.0. The lowest BCUT2D eigenvalue weighted by Crippen LogP contribution is -2.42. The molecule has 3 nitrogen and oxygen atoms in total. The molecule has 4 atom stereocenters. The van der Waals surface area contributed by atoms with Crippen molar-refractivity contribution in [3.8, 4) is 0 Å². The number of nitrogens with one attached hydrogen (secondary N) is 2. The molecule has 0 radical (unpaired) electrons. The fraction of sp³-hybridized carbons (Fsp3) is 0.929. The molecule has 2 saturated carbocycles. The molecule has 102 valence electrons. The largest absolute Gasteiger partial charge is 0.356 e. The quantitative estimate of drug-likeness (QED) is 0.814. The maximum absolute atomic E-state index is 11.9. The van der Waals surface area contributed by atoms with Gasteiger partial charge in [0.1, 0.15) is 0 Å². The molecule has 0 aromatic carbocycles. The first-order valence-corrected chi connectivity index (χ1v) is 8.54. The first-order valence-electron chi connectivity index (χ1n) is 7.39. The van der Waals surface area contributed by atoms with Crippen LogP contribution in [0.4, 0.5) is 0 Å². The summed E-state index contributed by atoms with van der Waals surface area (Å²) >= 11 is 1.96. The highest BCUT2D eigenvalue weighted by Gasteiger charge is 2.39. The van der Waals surface area contributed by atoms with Crippen LogP contribution in [-0.4, -0.2) is 36.5 Å². The Morgan fingerprint density at radius 1 is 1.33 bits per heavy atom. The van der Waals surface area contributed by atoms with E-state index in [4.69, 9.17) is 0 Å². The normalized spacial score (nSPS) is 38.9. The summed E-state index contributed by atoms with van der Waals surface area (Å²) in [5.41, 5.74) is 0. The third-order valence-corrected chi connectivity index (χ3v) is 6.01. The molecule has 1 heterocycles.